The van der Waals surface area contributed by atoms with Crippen molar-refractivity contribution in [2.75, 3.05) is 22.4 Å². The number of nitrogens with zero attached hydrogens (tertiary/aromatic N) is 1. The number of carbonyl (C=O) groups excluding carboxylic acids is 2. The van der Waals surface area contributed by atoms with E-state index in [-0.39, 0.29) is 17.3 Å². The SMILES string of the molecule is CC[C@H](C)NC(=O)c1ccccc1NC(=O)CN(c1ccc(F)cc1F)S(C)(=O)=O. The highest BCUT2D eigenvalue weighted by Crippen LogP contribution is 2.23. The summed E-state index contributed by atoms with van der Waals surface area (Å²) in [7, 11) is -4.06. The molecular formula is C20H23F2N3O4S. The van der Waals surface area contributed by atoms with Gasteiger partial charge in [0.05, 0.1) is 23.2 Å². The molecule has 0 saturated carbocycles. The summed E-state index contributed by atoms with van der Waals surface area (Å²) in [5, 5.41) is 5.26. The van der Waals surface area contributed by atoms with Crippen LogP contribution in [0.25, 0.3) is 0 Å². The molecular weight excluding hydrogens is 416 g/mol. The summed E-state index contributed by atoms with van der Waals surface area (Å²) in [6, 6.07) is 8.51. The Morgan fingerprint density at radius 1 is 1.13 bits per heavy atom. The van der Waals surface area contributed by atoms with Gasteiger partial charge in [-0.1, -0.05) is 19.1 Å². The number of para-hydroxylation sites is 1. The number of benzene rings is 2. The summed E-state index contributed by atoms with van der Waals surface area (Å²) >= 11 is 0. The first kappa shape index (κ1) is 23.3. The highest BCUT2D eigenvalue weighted by molar-refractivity contribution is 7.92. The number of rotatable bonds is 8. The van der Waals surface area contributed by atoms with Crippen LogP contribution in [-0.4, -0.2) is 39.1 Å². The smallest absolute Gasteiger partial charge is 0.253 e. The molecule has 0 heterocycles. The Bertz CT molecular complexity index is 1040. The first-order chi connectivity index (χ1) is 14.0. The molecule has 0 aliphatic carbocycles. The molecule has 2 aromatic carbocycles. The van der Waals surface area contributed by atoms with Gasteiger partial charge in [-0.25, -0.2) is 17.2 Å². The van der Waals surface area contributed by atoms with Gasteiger partial charge >= 0.3 is 0 Å². The van der Waals surface area contributed by atoms with E-state index >= 15 is 0 Å². The normalized spacial score (nSPS) is 12.2. The lowest BCUT2D eigenvalue weighted by Crippen LogP contribution is -2.38. The Balaban J connectivity index is 2.26. The van der Waals surface area contributed by atoms with E-state index in [0.29, 0.717) is 16.8 Å². The molecule has 0 saturated heterocycles. The molecule has 0 radical (unpaired) electrons. The minimum atomic E-state index is -4.06. The van der Waals surface area contributed by atoms with Gasteiger partial charge in [0, 0.05) is 12.1 Å². The molecule has 0 aliphatic heterocycles. The maximum atomic E-state index is 14.1. The van der Waals surface area contributed by atoms with Crippen molar-refractivity contribution in [2.45, 2.75) is 26.3 Å². The fourth-order valence-corrected chi connectivity index (χ4v) is 3.44. The van der Waals surface area contributed by atoms with Crippen LogP contribution in [0.3, 0.4) is 0 Å². The lowest BCUT2D eigenvalue weighted by atomic mass is 10.1. The fraction of sp³-hybridized carbons (Fsp3) is 0.300. The Labute approximate surface area is 174 Å². The maximum absolute atomic E-state index is 14.1. The summed E-state index contributed by atoms with van der Waals surface area (Å²) in [6.45, 7) is 2.98. The van der Waals surface area contributed by atoms with Crippen LogP contribution in [0.5, 0.6) is 0 Å². The zero-order valence-electron chi connectivity index (χ0n) is 16.8. The molecule has 1 atom stereocenters. The summed E-state index contributed by atoms with van der Waals surface area (Å²) in [5.41, 5.74) is -0.0850. The number of anilines is 2. The third-order valence-electron chi connectivity index (χ3n) is 4.30. The number of nitrogens with one attached hydrogen (secondary N) is 2. The molecule has 2 aromatic rings. The molecule has 162 valence electrons. The summed E-state index contributed by atoms with van der Waals surface area (Å²) in [6.07, 6.45) is 1.52. The van der Waals surface area contributed by atoms with Gasteiger partial charge in [-0.2, -0.15) is 0 Å². The predicted molar refractivity (Wildman–Crippen MR) is 111 cm³/mol. The van der Waals surface area contributed by atoms with Gasteiger partial charge in [-0.3, -0.25) is 13.9 Å². The van der Waals surface area contributed by atoms with Crippen molar-refractivity contribution in [1.82, 2.24) is 5.32 Å². The first-order valence-corrected chi connectivity index (χ1v) is 11.0. The summed E-state index contributed by atoms with van der Waals surface area (Å²) in [4.78, 5) is 25.0. The second-order valence-corrected chi connectivity index (χ2v) is 8.65. The molecule has 0 bridgehead atoms. The number of amides is 2. The molecule has 2 amide bonds. The Hall–Kier alpha value is -3.01. The monoisotopic (exact) mass is 439 g/mol. The molecule has 2 rings (SSSR count). The molecule has 0 spiro atoms. The number of hydrogen-bond acceptors (Lipinski definition) is 4. The molecule has 0 unspecified atom stereocenters. The molecule has 0 fully saturated rings. The fourth-order valence-electron chi connectivity index (χ4n) is 2.58. The van der Waals surface area contributed by atoms with E-state index in [0.717, 1.165) is 18.4 Å². The zero-order valence-corrected chi connectivity index (χ0v) is 17.6. The molecule has 2 N–H and O–H groups in total. The molecule has 0 aliphatic rings. The van der Waals surface area contributed by atoms with Crippen molar-refractivity contribution < 1.29 is 26.8 Å². The van der Waals surface area contributed by atoms with Gasteiger partial charge in [-0.15, -0.1) is 0 Å². The largest absolute Gasteiger partial charge is 0.350 e. The van der Waals surface area contributed by atoms with E-state index in [2.05, 4.69) is 10.6 Å². The van der Waals surface area contributed by atoms with Gasteiger partial charge < -0.3 is 10.6 Å². The lowest BCUT2D eigenvalue weighted by molar-refractivity contribution is -0.114. The predicted octanol–water partition coefficient (Wildman–Crippen LogP) is 2.90. The van der Waals surface area contributed by atoms with E-state index in [4.69, 9.17) is 0 Å². The van der Waals surface area contributed by atoms with E-state index < -0.39 is 45.7 Å². The van der Waals surface area contributed by atoms with Crippen LogP contribution in [0, 0.1) is 11.6 Å². The van der Waals surface area contributed by atoms with Crippen molar-refractivity contribution in [1.29, 1.82) is 0 Å². The van der Waals surface area contributed by atoms with E-state index in [9.17, 15) is 26.8 Å². The van der Waals surface area contributed by atoms with Crippen LogP contribution in [0.15, 0.2) is 42.5 Å². The number of halogens is 2. The van der Waals surface area contributed by atoms with Crippen LogP contribution >= 0.6 is 0 Å². The topological polar surface area (TPSA) is 95.6 Å². The Morgan fingerprint density at radius 3 is 2.40 bits per heavy atom. The lowest BCUT2D eigenvalue weighted by Gasteiger charge is -2.22. The highest BCUT2D eigenvalue weighted by Gasteiger charge is 2.25. The van der Waals surface area contributed by atoms with Crippen molar-refractivity contribution in [3.05, 3.63) is 59.7 Å². The van der Waals surface area contributed by atoms with Crippen molar-refractivity contribution in [3.8, 4) is 0 Å². The molecule has 0 aromatic heterocycles. The Kier molecular flexibility index (Phi) is 7.49. The minimum absolute atomic E-state index is 0.0802. The molecule has 30 heavy (non-hydrogen) atoms. The van der Waals surface area contributed by atoms with E-state index in [1.54, 1.807) is 12.1 Å². The third-order valence-corrected chi connectivity index (χ3v) is 5.43. The standard InChI is InChI=1S/C20H23F2N3O4S/c1-4-13(2)23-20(27)15-7-5-6-8-17(15)24-19(26)12-25(30(3,28)29)18-10-9-14(21)11-16(18)22/h5-11,13H,4,12H2,1-3H3,(H,23,27)(H,24,26)/t13-/m0/s1. The molecule has 7 nitrogen and oxygen atoms in total. The van der Waals surface area contributed by atoms with Crippen molar-refractivity contribution in [3.63, 3.8) is 0 Å². The number of carbonyl (C=O) groups is 2. The second kappa shape index (κ2) is 9.66. The number of hydrogen-bond donors (Lipinski definition) is 2. The van der Waals surface area contributed by atoms with Gasteiger partial charge in [0.25, 0.3) is 5.91 Å². The van der Waals surface area contributed by atoms with E-state index in [1.165, 1.54) is 12.1 Å². The summed E-state index contributed by atoms with van der Waals surface area (Å²) in [5.74, 6) is -3.20. The van der Waals surface area contributed by atoms with Crippen molar-refractivity contribution >= 4 is 33.2 Å². The van der Waals surface area contributed by atoms with Gasteiger partial charge in [0.2, 0.25) is 15.9 Å². The van der Waals surface area contributed by atoms with Crippen LogP contribution in [0.2, 0.25) is 0 Å². The Morgan fingerprint density at radius 2 is 1.80 bits per heavy atom. The third kappa shape index (κ3) is 5.99. The highest BCUT2D eigenvalue weighted by atomic mass is 32.2. The van der Waals surface area contributed by atoms with Gasteiger partial charge in [0.15, 0.2) is 0 Å². The van der Waals surface area contributed by atoms with Crippen LogP contribution < -0.4 is 14.9 Å². The molecule has 10 heteroatoms. The average Bonchev–Trinajstić information content (AvgIpc) is 2.66. The summed E-state index contributed by atoms with van der Waals surface area (Å²) < 4.78 is 52.0. The van der Waals surface area contributed by atoms with Crippen molar-refractivity contribution in [2.24, 2.45) is 0 Å². The van der Waals surface area contributed by atoms with Gasteiger partial charge in [-0.05, 0) is 37.6 Å². The second-order valence-electron chi connectivity index (χ2n) is 6.74. The van der Waals surface area contributed by atoms with E-state index in [1.807, 2.05) is 13.8 Å². The van der Waals surface area contributed by atoms with Crippen LogP contribution in [0.1, 0.15) is 30.6 Å². The number of sulfonamides is 1. The average molecular weight is 439 g/mol. The quantitative estimate of drug-likeness (QED) is 0.661. The van der Waals surface area contributed by atoms with Crippen LogP contribution in [-0.2, 0) is 14.8 Å². The minimum Gasteiger partial charge on any atom is -0.350 e. The first-order valence-electron chi connectivity index (χ1n) is 9.15. The van der Waals surface area contributed by atoms with Gasteiger partial charge in [0.1, 0.15) is 18.2 Å². The maximum Gasteiger partial charge on any atom is 0.253 e. The zero-order chi connectivity index (χ0) is 22.5. The van der Waals surface area contributed by atoms with Crippen LogP contribution in [0.4, 0.5) is 20.2 Å².